The van der Waals surface area contributed by atoms with Crippen LogP contribution < -0.4 is 5.73 Å². The van der Waals surface area contributed by atoms with Crippen LogP contribution in [0.2, 0.25) is 0 Å². The first-order chi connectivity index (χ1) is 6.91. The molecule has 0 atom stereocenters. The van der Waals surface area contributed by atoms with Crippen molar-refractivity contribution >= 4 is 6.02 Å². The first kappa shape index (κ1) is 10.6. The number of nitrogens with two attached hydrogens (primary N) is 1. The van der Waals surface area contributed by atoms with Gasteiger partial charge in [0.15, 0.2) is 0 Å². The average Bonchev–Trinajstić information content (AvgIpc) is 2.47. The fourth-order valence-electron chi connectivity index (χ4n) is 2.24. The molecule has 1 heterocycles. The quantitative estimate of drug-likeness (QED) is 0.679. The predicted molar refractivity (Wildman–Crippen MR) is 48.3 cm³/mol. The number of alkyl halides is 3. The summed E-state index contributed by atoms with van der Waals surface area (Å²) in [6.45, 7) is 0.406. The lowest BCUT2D eigenvalue weighted by Crippen LogP contribution is -2.41. The van der Waals surface area contributed by atoms with Crippen molar-refractivity contribution in [1.82, 2.24) is 0 Å². The van der Waals surface area contributed by atoms with E-state index in [1.807, 2.05) is 0 Å². The second kappa shape index (κ2) is 3.28. The highest BCUT2D eigenvalue weighted by atomic mass is 19.4. The smallest absolute Gasteiger partial charge is 0.391 e. The number of amidine groups is 1. The lowest BCUT2D eigenvalue weighted by Gasteiger charge is -2.36. The van der Waals surface area contributed by atoms with E-state index in [1.165, 1.54) is 0 Å². The molecule has 86 valence electrons. The fraction of sp³-hybridized carbons (Fsp3) is 0.889. The van der Waals surface area contributed by atoms with Gasteiger partial charge in [0.25, 0.3) is 6.02 Å². The topological polar surface area (TPSA) is 47.6 Å². The highest BCUT2D eigenvalue weighted by Gasteiger charge is 2.48. The molecule has 6 heteroatoms. The standard InChI is InChI=1S/C9H13F3N2O/c10-9(11,12)6-1-3-8(4-2-6)5-14-7(13)15-8/h6H,1-5H2,(H2,13,14). The third-order valence-electron chi connectivity index (χ3n) is 3.20. The molecule has 0 unspecified atom stereocenters. The lowest BCUT2D eigenvalue weighted by atomic mass is 9.78. The van der Waals surface area contributed by atoms with Gasteiger partial charge in [0.1, 0.15) is 5.60 Å². The van der Waals surface area contributed by atoms with E-state index in [1.54, 1.807) is 0 Å². The molecule has 2 rings (SSSR count). The molecule has 1 fully saturated rings. The second-order valence-electron chi connectivity index (χ2n) is 4.26. The molecule has 1 aliphatic carbocycles. The van der Waals surface area contributed by atoms with Gasteiger partial charge in [-0.3, -0.25) is 0 Å². The first-order valence-corrected chi connectivity index (χ1v) is 4.97. The van der Waals surface area contributed by atoms with Crippen molar-refractivity contribution in [2.24, 2.45) is 16.6 Å². The number of hydrogen-bond acceptors (Lipinski definition) is 3. The number of hydrogen-bond donors (Lipinski definition) is 1. The molecule has 0 saturated heterocycles. The zero-order valence-corrected chi connectivity index (χ0v) is 8.18. The maximum absolute atomic E-state index is 12.4. The van der Waals surface area contributed by atoms with E-state index < -0.39 is 17.7 Å². The van der Waals surface area contributed by atoms with Gasteiger partial charge in [-0.05, 0) is 25.7 Å². The highest BCUT2D eigenvalue weighted by Crippen LogP contribution is 2.43. The van der Waals surface area contributed by atoms with Crippen LogP contribution in [-0.2, 0) is 4.74 Å². The number of halogens is 3. The highest BCUT2D eigenvalue weighted by molar-refractivity contribution is 5.73. The molecular weight excluding hydrogens is 209 g/mol. The summed E-state index contributed by atoms with van der Waals surface area (Å²) < 4.78 is 42.5. The molecule has 1 saturated carbocycles. The fourth-order valence-corrected chi connectivity index (χ4v) is 2.24. The van der Waals surface area contributed by atoms with Crippen LogP contribution in [0.25, 0.3) is 0 Å². The van der Waals surface area contributed by atoms with Crippen molar-refractivity contribution in [3.05, 3.63) is 0 Å². The van der Waals surface area contributed by atoms with Gasteiger partial charge in [0.05, 0.1) is 12.5 Å². The molecule has 0 amide bonds. The van der Waals surface area contributed by atoms with Crippen LogP contribution in [0.5, 0.6) is 0 Å². The average molecular weight is 222 g/mol. The van der Waals surface area contributed by atoms with E-state index in [0.29, 0.717) is 19.4 Å². The van der Waals surface area contributed by atoms with Crippen LogP contribution in [-0.4, -0.2) is 24.3 Å². The molecule has 2 N–H and O–H groups in total. The summed E-state index contributed by atoms with van der Waals surface area (Å²) in [6, 6.07) is 0.112. The molecule has 1 aliphatic heterocycles. The summed E-state index contributed by atoms with van der Waals surface area (Å²) in [5.41, 5.74) is 4.83. The molecule has 0 aromatic rings. The molecule has 0 aromatic carbocycles. The van der Waals surface area contributed by atoms with Gasteiger partial charge < -0.3 is 10.5 Å². The van der Waals surface area contributed by atoms with Gasteiger partial charge in [-0.15, -0.1) is 0 Å². The van der Waals surface area contributed by atoms with Gasteiger partial charge in [-0.25, -0.2) is 4.99 Å². The Labute approximate surface area is 85.5 Å². The SMILES string of the molecule is NC1=NCC2(CCC(C(F)(F)F)CC2)O1. The van der Waals surface area contributed by atoms with Crippen molar-refractivity contribution in [3.8, 4) is 0 Å². The number of aliphatic imine (C=N–C) groups is 1. The minimum Gasteiger partial charge on any atom is -0.457 e. The van der Waals surface area contributed by atoms with Crippen molar-refractivity contribution in [3.63, 3.8) is 0 Å². The van der Waals surface area contributed by atoms with Gasteiger partial charge in [0.2, 0.25) is 0 Å². The van der Waals surface area contributed by atoms with Crippen molar-refractivity contribution in [2.45, 2.75) is 37.5 Å². The van der Waals surface area contributed by atoms with Crippen LogP contribution in [0.1, 0.15) is 25.7 Å². The van der Waals surface area contributed by atoms with Crippen LogP contribution in [0.15, 0.2) is 4.99 Å². The minimum absolute atomic E-state index is 0.112. The van der Waals surface area contributed by atoms with Gasteiger partial charge in [-0.2, -0.15) is 13.2 Å². The lowest BCUT2D eigenvalue weighted by molar-refractivity contribution is -0.189. The summed E-state index contributed by atoms with van der Waals surface area (Å²) in [7, 11) is 0. The maximum atomic E-state index is 12.4. The van der Waals surface area contributed by atoms with Crippen molar-refractivity contribution < 1.29 is 17.9 Å². The Morgan fingerprint density at radius 3 is 2.33 bits per heavy atom. The molecule has 0 radical (unpaired) electrons. The number of nitrogens with zero attached hydrogens (tertiary/aromatic N) is 1. The van der Waals surface area contributed by atoms with E-state index in [0.717, 1.165) is 0 Å². The maximum Gasteiger partial charge on any atom is 0.391 e. The largest absolute Gasteiger partial charge is 0.457 e. The van der Waals surface area contributed by atoms with Crippen molar-refractivity contribution in [2.75, 3.05) is 6.54 Å². The van der Waals surface area contributed by atoms with E-state index in [-0.39, 0.29) is 18.9 Å². The normalized spacial score (nSPS) is 36.5. The summed E-state index contributed by atoms with van der Waals surface area (Å²) in [5.74, 6) is -1.19. The summed E-state index contributed by atoms with van der Waals surface area (Å²) in [6.07, 6.45) is -3.06. The van der Waals surface area contributed by atoms with E-state index in [2.05, 4.69) is 4.99 Å². The predicted octanol–water partition coefficient (Wildman–Crippen LogP) is 1.82. The number of rotatable bonds is 0. The summed E-state index contributed by atoms with van der Waals surface area (Å²) >= 11 is 0. The van der Waals surface area contributed by atoms with E-state index >= 15 is 0 Å². The molecule has 1 spiro atoms. The van der Waals surface area contributed by atoms with Crippen LogP contribution in [0, 0.1) is 5.92 Å². The monoisotopic (exact) mass is 222 g/mol. The second-order valence-corrected chi connectivity index (χ2v) is 4.26. The zero-order valence-electron chi connectivity index (χ0n) is 8.18. The molecule has 0 bridgehead atoms. The molecule has 0 aromatic heterocycles. The van der Waals surface area contributed by atoms with Crippen LogP contribution in [0.4, 0.5) is 13.2 Å². The Hall–Kier alpha value is -0.940. The summed E-state index contributed by atoms with van der Waals surface area (Å²) in [4.78, 5) is 3.89. The Morgan fingerprint density at radius 2 is 1.93 bits per heavy atom. The molecule has 2 aliphatic rings. The molecular formula is C9H13F3N2O. The zero-order chi connectivity index (χ0) is 11.1. The van der Waals surface area contributed by atoms with Gasteiger partial charge >= 0.3 is 6.18 Å². The Kier molecular flexibility index (Phi) is 2.31. The third-order valence-corrected chi connectivity index (χ3v) is 3.20. The Balaban J connectivity index is 1.93. The van der Waals surface area contributed by atoms with Crippen molar-refractivity contribution in [1.29, 1.82) is 0 Å². The first-order valence-electron chi connectivity index (χ1n) is 4.97. The van der Waals surface area contributed by atoms with E-state index in [9.17, 15) is 13.2 Å². The van der Waals surface area contributed by atoms with Gasteiger partial charge in [-0.1, -0.05) is 0 Å². The minimum atomic E-state index is -4.08. The summed E-state index contributed by atoms with van der Waals surface area (Å²) in [5, 5.41) is 0. The van der Waals surface area contributed by atoms with Crippen LogP contribution >= 0.6 is 0 Å². The molecule has 3 nitrogen and oxygen atoms in total. The van der Waals surface area contributed by atoms with E-state index in [4.69, 9.17) is 10.5 Å². The van der Waals surface area contributed by atoms with Crippen LogP contribution in [0.3, 0.4) is 0 Å². The third kappa shape index (κ3) is 2.03. The number of ether oxygens (including phenoxy) is 1. The van der Waals surface area contributed by atoms with Gasteiger partial charge in [0, 0.05) is 0 Å². The Bertz CT molecular complexity index is 280. The molecule has 15 heavy (non-hydrogen) atoms. The Morgan fingerprint density at radius 1 is 1.33 bits per heavy atom.